The topological polar surface area (TPSA) is 84.0 Å². The predicted octanol–water partition coefficient (Wildman–Crippen LogP) is 3.32. The van der Waals surface area contributed by atoms with Gasteiger partial charge in [0.2, 0.25) is 0 Å². The van der Waals surface area contributed by atoms with Gasteiger partial charge in [-0.15, -0.1) is 24.0 Å². The highest BCUT2D eigenvalue weighted by Gasteiger charge is 2.24. The molecule has 1 amide bonds. The molecule has 0 fully saturated rings. The van der Waals surface area contributed by atoms with Crippen molar-refractivity contribution in [1.82, 2.24) is 16.0 Å². The molecule has 0 unspecified atom stereocenters. The van der Waals surface area contributed by atoms with Gasteiger partial charge in [0.25, 0.3) is 0 Å². The number of ether oxygens (including phenoxy) is 2. The minimum atomic E-state index is -0.521. The van der Waals surface area contributed by atoms with Crippen LogP contribution in [-0.4, -0.2) is 50.4 Å². The van der Waals surface area contributed by atoms with Crippen molar-refractivity contribution in [2.24, 2.45) is 4.99 Å². The van der Waals surface area contributed by atoms with Crippen LogP contribution in [0.25, 0.3) is 0 Å². The summed E-state index contributed by atoms with van der Waals surface area (Å²) < 4.78 is 10.5. The molecule has 0 spiro atoms. The maximum Gasteiger partial charge on any atom is 0.408 e. The van der Waals surface area contributed by atoms with Crippen LogP contribution in [0.15, 0.2) is 29.3 Å². The van der Waals surface area contributed by atoms with Crippen LogP contribution in [0.5, 0.6) is 5.75 Å². The van der Waals surface area contributed by atoms with Gasteiger partial charge in [-0.25, -0.2) is 4.79 Å². The van der Waals surface area contributed by atoms with Crippen LogP contribution in [0, 0.1) is 0 Å². The number of nitrogens with zero attached hydrogens (tertiary/aromatic N) is 1. The Bertz CT molecular complexity index is 625. The van der Waals surface area contributed by atoms with E-state index in [0.29, 0.717) is 12.5 Å². The normalized spacial score (nSPS) is 11.9. The Hall–Kier alpha value is -1.71. The molecule has 3 N–H and O–H groups in total. The van der Waals surface area contributed by atoms with Crippen LogP contribution < -0.4 is 20.7 Å². The number of benzene rings is 1. The first-order chi connectivity index (χ1) is 12.5. The van der Waals surface area contributed by atoms with Crippen molar-refractivity contribution < 1.29 is 14.3 Å². The highest BCUT2D eigenvalue weighted by molar-refractivity contribution is 14.0. The van der Waals surface area contributed by atoms with Gasteiger partial charge in [0.1, 0.15) is 11.4 Å². The van der Waals surface area contributed by atoms with Gasteiger partial charge in [0.15, 0.2) is 5.96 Å². The third-order valence-electron chi connectivity index (χ3n) is 3.63. The number of rotatable bonds is 7. The van der Waals surface area contributed by atoms with Gasteiger partial charge < -0.3 is 25.4 Å². The molecule has 0 aliphatic rings. The first-order valence-corrected chi connectivity index (χ1v) is 9.13. The van der Waals surface area contributed by atoms with E-state index in [1.54, 1.807) is 14.2 Å². The smallest absolute Gasteiger partial charge is 0.408 e. The van der Waals surface area contributed by atoms with E-state index in [1.165, 1.54) is 5.56 Å². The summed E-state index contributed by atoms with van der Waals surface area (Å²) in [6, 6.07) is 8.00. The molecule has 0 aromatic heterocycles. The number of guanidine groups is 1. The van der Waals surface area contributed by atoms with Gasteiger partial charge in [-0.2, -0.15) is 0 Å². The van der Waals surface area contributed by atoms with Crippen molar-refractivity contribution in [3.8, 4) is 5.75 Å². The fourth-order valence-corrected chi connectivity index (χ4v) is 2.27. The summed E-state index contributed by atoms with van der Waals surface area (Å²) in [5, 5.41) is 9.37. The Kier molecular flexibility index (Phi) is 11.2. The summed E-state index contributed by atoms with van der Waals surface area (Å²) >= 11 is 0. The maximum atomic E-state index is 11.9. The molecule has 8 heteroatoms. The number of halogens is 1. The highest BCUT2D eigenvalue weighted by Crippen LogP contribution is 2.11. The molecule has 0 saturated heterocycles. The molecule has 0 atom stereocenters. The number of hydrogen-bond donors (Lipinski definition) is 3. The lowest BCUT2D eigenvalue weighted by molar-refractivity contribution is 0.0474. The van der Waals surface area contributed by atoms with Gasteiger partial charge >= 0.3 is 6.09 Å². The summed E-state index contributed by atoms with van der Waals surface area (Å²) in [5.74, 6) is 1.53. The largest absolute Gasteiger partial charge is 0.497 e. The summed E-state index contributed by atoms with van der Waals surface area (Å²) in [6.07, 6.45) is 0.432. The predicted molar refractivity (Wildman–Crippen MR) is 125 cm³/mol. The van der Waals surface area contributed by atoms with Crippen molar-refractivity contribution >= 4 is 36.0 Å². The number of hydrogen-bond acceptors (Lipinski definition) is 4. The monoisotopic (exact) mass is 506 g/mol. The SMILES string of the molecule is CN=C(NCCc1ccc(OC)cc1)NCC(C)(C)NC(=O)OC(C)(C)C.I. The summed E-state index contributed by atoms with van der Waals surface area (Å²) in [7, 11) is 3.38. The van der Waals surface area contributed by atoms with Crippen molar-refractivity contribution in [2.75, 3.05) is 27.2 Å². The number of carbonyl (C=O) groups is 1. The zero-order valence-electron chi connectivity index (χ0n) is 18.0. The van der Waals surface area contributed by atoms with Crippen LogP contribution in [0.4, 0.5) is 4.79 Å². The van der Waals surface area contributed by atoms with Crippen molar-refractivity contribution in [3.63, 3.8) is 0 Å². The third-order valence-corrected chi connectivity index (χ3v) is 3.63. The summed E-state index contributed by atoms with van der Waals surface area (Å²) in [5.41, 5.74) is 0.202. The first-order valence-electron chi connectivity index (χ1n) is 9.13. The Morgan fingerprint density at radius 3 is 2.18 bits per heavy atom. The van der Waals surface area contributed by atoms with Crippen LogP contribution in [-0.2, 0) is 11.2 Å². The molecular formula is C20H35IN4O3. The van der Waals surface area contributed by atoms with Gasteiger partial charge in [-0.05, 0) is 58.7 Å². The van der Waals surface area contributed by atoms with Gasteiger partial charge in [0.05, 0.1) is 12.6 Å². The standard InChI is InChI=1S/C20H34N4O3.HI/c1-19(2,3)27-18(25)24-20(4,5)14-23-17(21-6)22-13-12-15-8-10-16(26-7)11-9-15;/h8-11H,12-14H2,1-7H3,(H,24,25)(H2,21,22,23);1H. The Labute approximate surface area is 186 Å². The molecule has 1 rings (SSSR count). The number of nitrogens with one attached hydrogen (secondary N) is 3. The van der Waals surface area contributed by atoms with Crippen LogP contribution in [0.1, 0.15) is 40.2 Å². The van der Waals surface area contributed by atoms with Crippen LogP contribution >= 0.6 is 24.0 Å². The van der Waals surface area contributed by atoms with Crippen molar-refractivity contribution in [3.05, 3.63) is 29.8 Å². The average Bonchev–Trinajstić information content (AvgIpc) is 2.56. The molecule has 0 saturated carbocycles. The highest BCUT2D eigenvalue weighted by atomic mass is 127. The number of alkyl carbamates (subject to hydrolysis) is 1. The molecule has 1 aromatic rings. The van der Waals surface area contributed by atoms with Crippen LogP contribution in [0.3, 0.4) is 0 Å². The number of aliphatic imine (C=N–C) groups is 1. The maximum absolute atomic E-state index is 11.9. The van der Waals surface area contributed by atoms with E-state index in [4.69, 9.17) is 9.47 Å². The van der Waals surface area contributed by atoms with Crippen molar-refractivity contribution in [1.29, 1.82) is 0 Å². The molecule has 1 aromatic carbocycles. The van der Waals surface area contributed by atoms with E-state index in [-0.39, 0.29) is 24.0 Å². The molecule has 0 aliphatic carbocycles. The second-order valence-electron chi connectivity index (χ2n) is 7.96. The van der Waals surface area contributed by atoms with E-state index >= 15 is 0 Å². The molecular weight excluding hydrogens is 471 g/mol. The molecule has 7 nitrogen and oxygen atoms in total. The molecule has 0 heterocycles. The zero-order valence-corrected chi connectivity index (χ0v) is 20.3. The number of amides is 1. The average molecular weight is 506 g/mol. The zero-order chi connectivity index (χ0) is 20.5. The molecule has 0 aliphatic heterocycles. The number of methoxy groups -OCH3 is 1. The van der Waals surface area contributed by atoms with Crippen LogP contribution in [0.2, 0.25) is 0 Å². The summed E-state index contributed by atoms with van der Waals surface area (Å²) in [4.78, 5) is 16.2. The van der Waals surface area contributed by atoms with Crippen molar-refractivity contribution in [2.45, 2.75) is 52.2 Å². The van der Waals surface area contributed by atoms with E-state index in [0.717, 1.165) is 18.7 Å². The quantitative estimate of drug-likeness (QED) is 0.300. The molecule has 0 bridgehead atoms. The lowest BCUT2D eigenvalue weighted by atomic mass is 10.1. The minimum absolute atomic E-state index is 0. The summed E-state index contributed by atoms with van der Waals surface area (Å²) in [6.45, 7) is 10.6. The second-order valence-corrected chi connectivity index (χ2v) is 7.96. The molecule has 0 radical (unpaired) electrons. The minimum Gasteiger partial charge on any atom is -0.497 e. The third kappa shape index (κ3) is 11.2. The Morgan fingerprint density at radius 1 is 1.07 bits per heavy atom. The second kappa shape index (κ2) is 12.0. The van der Waals surface area contributed by atoms with Gasteiger partial charge in [0, 0.05) is 20.1 Å². The molecule has 160 valence electrons. The number of carbonyl (C=O) groups excluding carboxylic acids is 1. The van der Waals surface area contributed by atoms with Gasteiger partial charge in [-0.3, -0.25) is 4.99 Å². The lowest BCUT2D eigenvalue weighted by Crippen LogP contribution is -2.54. The fourth-order valence-electron chi connectivity index (χ4n) is 2.27. The first kappa shape index (κ1) is 26.3. The molecule has 28 heavy (non-hydrogen) atoms. The van der Waals surface area contributed by atoms with Gasteiger partial charge in [-0.1, -0.05) is 12.1 Å². The van der Waals surface area contributed by atoms with E-state index < -0.39 is 17.2 Å². The lowest BCUT2D eigenvalue weighted by Gasteiger charge is -2.29. The Morgan fingerprint density at radius 2 is 1.68 bits per heavy atom. The van der Waals surface area contributed by atoms with E-state index in [2.05, 4.69) is 20.9 Å². The van der Waals surface area contributed by atoms with E-state index in [9.17, 15) is 4.79 Å². The fraction of sp³-hybridized carbons (Fsp3) is 0.600. The van der Waals surface area contributed by atoms with E-state index in [1.807, 2.05) is 58.9 Å². The Balaban J connectivity index is 0.00000729.